The number of benzene rings is 1. The number of halogens is 1. The van der Waals surface area contributed by atoms with Crippen LogP contribution in [0, 0.1) is 22.7 Å². The summed E-state index contributed by atoms with van der Waals surface area (Å²) in [5, 5.41) is 17.0. The third kappa shape index (κ3) is 3.22. The fourth-order valence-corrected chi connectivity index (χ4v) is 2.38. The second-order valence-electron chi connectivity index (χ2n) is 2.83. The topological polar surface area (TPSA) is 93.8 Å². The van der Waals surface area contributed by atoms with E-state index in [1.54, 1.807) is 6.07 Å². The van der Waals surface area contributed by atoms with Crippen LogP contribution >= 0.6 is 11.6 Å². The van der Waals surface area contributed by atoms with Crippen molar-refractivity contribution in [2.24, 2.45) is 0 Å². The predicted molar refractivity (Wildman–Crippen MR) is 61.1 cm³/mol. The molecule has 0 aliphatic carbocycles. The molecule has 1 rings (SSSR count). The SMILES string of the molecule is N#CC(C#N)=CNS(=O)(=O)c1ccccc1Cl. The lowest BCUT2D eigenvalue weighted by Gasteiger charge is -2.05. The van der Waals surface area contributed by atoms with E-state index in [0.29, 0.717) is 0 Å². The van der Waals surface area contributed by atoms with Crippen molar-refractivity contribution in [2.45, 2.75) is 4.90 Å². The van der Waals surface area contributed by atoms with E-state index in [1.165, 1.54) is 30.3 Å². The smallest absolute Gasteiger partial charge is 0.262 e. The van der Waals surface area contributed by atoms with Crippen LogP contribution in [-0.2, 0) is 10.0 Å². The number of hydrogen-bond acceptors (Lipinski definition) is 4. The number of nitrogens with zero attached hydrogens (tertiary/aromatic N) is 2. The zero-order chi connectivity index (χ0) is 12.9. The maximum absolute atomic E-state index is 11.7. The van der Waals surface area contributed by atoms with Gasteiger partial charge in [-0.15, -0.1) is 0 Å². The first-order chi connectivity index (χ1) is 8.01. The van der Waals surface area contributed by atoms with Crippen molar-refractivity contribution in [2.75, 3.05) is 0 Å². The molecule has 1 aromatic carbocycles. The third-order valence-corrected chi connectivity index (χ3v) is 3.53. The van der Waals surface area contributed by atoms with E-state index < -0.39 is 10.0 Å². The van der Waals surface area contributed by atoms with Crippen molar-refractivity contribution in [3.05, 3.63) is 41.1 Å². The summed E-state index contributed by atoms with van der Waals surface area (Å²) in [6, 6.07) is 8.91. The molecule has 5 nitrogen and oxygen atoms in total. The minimum atomic E-state index is -3.87. The zero-order valence-electron chi connectivity index (χ0n) is 8.38. The summed E-state index contributed by atoms with van der Waals surface area (Å²) in [6.45, 7) is 0. The molecule has 1 aromatic rings. The number of rotatable bonds is 3. The third-order valence-electron chi connectivity index (χ3n) is 1.73. The van der Waals surface area contributed by atoms with Gasteiger partial charge in [0, 0.05) is 6.20 Å². The van der Waals surface area contributed by atoms with Gasteiger partial charge in [-0.2, -0.15) is 10.5 Å². The molecule has 0 bridgehead atoms. The lowest BCUT2D eigenvalue weighted by molar-refractivity contribution is 0.590. The summed E-state index contributed by atoms with van der Waals surface area (Å²) in [7, 11) is -3.87. The number of nitriles is 2. The highest BCUT2D eigenvalue weighted by molar-refractivity contribution is 7.89. The first-order valence-corrected chi connectivity index (χ1v) is 6.14. The van der Waals surface area contributed by atoms with Gasteiger partial charge in [0.25, 0.3) is 10.0 Å². The highest BCUT2D eigenvalue weighted by Gasteiger charge is 2.15. The van der Waals surface area contributed by atoms with Crippen molar-refractivity contribution < 1.29 is 8.42 Å². The summed E-state index contributed by atoms with van der Waals surface area (Å²) >= 11 is 5.72. The average Bonchev–Trinajstić information content (AvgIpc) is 2.30. The molecule has 0 heterocycles. The van der Waals surface area contributed by atoms with Crippen LogP contribution in [0.15, 0.2) is 40.9 Å². The molecule has 0 spiro atoms. The Kier molecular flexibility index (Phi) is 4.11. The van der Waals surface area contributed by atoms with E-state index in [4.69, 9.17) is 22.1 Å². The van der Waals surface area contributed by atoms with Crippen molar-refractivity contribution in [3.8, 4) is 12.1 Å². The Balaban J connectivity index is 3.09. The number of sulfonamides is 1. The molecule has 0 aliphatic rings. The van der Waals surface area contributed by atoms with Gasteiger partial charge in [0.05, 0.1) is 5.02 Å². The maximum Gasteiger partial charge on any atom is 0.262 e. The quantitative estimate of drug-likeness (QED) is 0.841. The van der Waals surface area contributed by atoms with Crippen LogP contribution in [0.25, 0.3) is 0 Å². The van der Waals surface area contributed by atoms with Crippen LogP contribution in [0.2, 0.25) is 5.02 Å². The monoisotopic (exact) mass is 267 g/mol. The zero-order valence-corrected chi connectivity index (χ0v) is 9.96. The van der Waals surface area contributed by atoms with Gasteiger partial charge < -0.3 is 0 Å². The van der Waals surface area contributed by atoms with Crippen LogP contribution in [0.3, 0.4) is 0 Å². The lowest BCUT2D eigenvalue weighted by atomic mass is 10.4. The Hall–Kier alpha value is -2.02. The summed E-state index contributed by atoms with van der Waals surface area (Å²) in [4.78, 5) is -0.117. The van der Waals surface area contributed by atoms with Gasteiger partial charge in [0.15, 0.2) is 0 Å². The van der Waals surface area contributed by atoms with Crippen LogP contribution in [0.4, 0.5) is 0 Å². The molecule has 0 fully saturated rings. The normalized spacial score (nSPS) is 9.82. The summed E-state index contributed by atoms with van der Waals surface area (Å²) in [5.74, 6) is 0. The number of nitrogens with one attached hydrogen (secondary N) is 1. The molecule has 0 radical (unpaired) electrons. The van der Waals surface area contributed by atoms with Gasteiger partial charge in [0.1, 0.15) is 22.6 Å². The maximum atomic E-state index is 11.7. The first kappa shape index (κ1) is 13.0. The molecule has 0 aromatic heterocycles. The van der Waals surface area contributed by atoms with Crippen LogP contribution in [0.1, 0.15) is 0 Å². The van der Waals surface area contributed by atoms with E-state index >= 15 is 0 Å². The van der Waals surface area contributed by atoms with Crippen molar-refractivity contribution in [3.63, 3.8) is 0 Å². The van der Waals surface area contributed by atoms with Gasteiger partial charge in [0.2, 0.25) is 0 Å². The fourth-order valence-electron chi connectivity index (χ4n) is 0.952. The molecule has 0 saturated carbocycles. The predicted octanol–water partition coefficient (Wildman–Crippen LogP) is 1.55. The molecule has 0 amide bonds. The van der Waals surface area contributed by atoms with Gasteiger partial charge in [-0.05, 0) is 12.1 Å². The molecular weight excluding hydrogens is 262 g/mol. The highest BCUT2D eigenvalue weighted by atomic mass is 35.5. The molecule has 7 heteroatoms. The molecule has 86 valence electrons. The van der Waals surface area contributed by atoms with E-state index in [0.717, 1.165) is 6.20 Å². The summed E-state index contributed by atoms with van der Waals surface area (Å²) < 4.78 is 25.5. The Morgan fingerprint density at radius 1 is 1.29 bits per heavy atom. The van der Waals surface area contributed by atoms with E-state index in [-0.39, 0.29) is 15.5 Å². The minimum absolute atomic E-state index is 0.0591. The van der Waals surface area contributed by atoms with Crippen molar-refractivity contribution in [1.29, 1.82) is 10.5 Å². The summed E-state index contributed by atoms with van der Waals surface area (Å²) in [5.41, 5.74) is -0.347. The average molecular weight is 268 g/mol. The van der Waals surface area contributed by atoms with Gasteiger partial charge in [-0.25, -0.2) is 8.42 Å². The van der Waals surface area contributed by atoms with Crippen LogP contribution < -0.4 is 4.72 Å². The largest absolute Gasteiger partial charge is 0.284 e. The van der Waals surface area contributed by atoms with E-state index in [9.17, 15) is 8.42 Å². The standard InChI is InChI=1S/C10H6ClN3O2S/c11-9-3-1-2-4-10(9)17(15,16)14-7-8(5-12)6-13/h1-4,7,14H. The molecule has 0 atom stereocenters. The molecule has 1 N–H and O–H groups in total. The van der Waals surface area contributed by atoms with Crippen molar-refractivity contribution >= 4 is 21.6 Å². The molecule has 17 heavy (non-hydrogen) atoms. The van der Waals surface area contributed by atoms with Gasteiger partial charge in [-0.1, -0.05) is 23.7 Å². The first-order valence-electron chi connectivity index (χ1n) is 4.28. The van der Waals surface area contributed by atoms with Gasteiger partial charge in [-0.3, -0.25) is 4.72 Å². The summed E-state index contributed by atoms with van der Waals surface area (Å²) in [6.07, 6.45) is 0.818. The van der Waals surface area contributed by atoms with Crippen molar-refractivity contribution in [1.82, 2.24) is 4.72 Å². The fraction of sp³-hybridized carbons (Fsp3) is 0. The Morgan fingerprint density at radius 2 is 1.88 bits per heavy atom. The van der Waals surface area contributed by atoms with Crippen LogP contribution in [-0.4, -0.2) is 8.42 Å². The molecule has 0 saturated heterocycles. The Bertz CT molecular complexity index is 622. The minimum Gasteiger partial charge on any atom is -0.284 e. The van der Waals surface area contributed by atoms with E-state index in [2.05, 4.69) is 0 Å². The number of allylic oxidation sites excluding steroid dienone is 1. The highest BCUT2D eigenvalue weighted by Crippen LogP contribution is 2.20. The van der Waals surface area contributed by atoms with Crippen LogP contribution in [0.5, 0.6) is 0 Å². The Morgan fingerprint density at radius 3 is 2.41 bits per heavy atom. The van der Waals surface area contributed by atoms with Gasteiger partial charge >= 0.3 is 0 Å². The number of hydrogen-bond donors (Lipinski definition) is 1. The second kappa shape index (κ2) is 5.35. The second-order valence-corrected chi connectivity index (χ2v) is 4.92. The Labute approximate surface area is 104 Å². The van der Waals surface area contributed by atoms with E-state index in [1.807, 2.05) is 4.72 Å². The molecular formula is C10H6ClN3O2S. The lowest BCUT2D eigenvalue weighted by Crippen LogP contribution is -2.18. The molecule has 0 unspecified atom stereocenters. The molecule has 0 aliphatic heterocycles.